The van der Waals surface area contributed by atoms with Gasteiger partial charge in [0.05, 0.1) is 12.3 Å². The molecule has 0 aliphatic carbocycles. The van der Waals surface area contributed by atoms with Crippen molar-refractivity contribution in [2.24, 2.45) is 0 Å². The fourth-order valence-electron chi connectivity index (χ4n) is 1.01. The molecule has 108 valence electrons. The maximum atomic E-state index is 5.25. The fourth-order valence-corrected chi connectivity index (χ4v) is 1.01. The number of hydrogen-bond donors (Lipinski definition) is 0. The molecule has 1 aromatic heterocycles. The second-order valence-corrected chi connectivity index (χ2v) is 3.20. The van der Waals surface area contributed by atoms with Crippen LogP contribution in [0.3, 0.4) is 0 Å². The molecule has 0 N–H and O–H groups in total. The minimum atomic E-state index is 0.613. The molecule has 3 nitrogen and oxygen atoms in total. The van der Waals surface area contributed by atoms with Crippen LogP contribution in [0, 0.1) is 0 Å². The molecular formula is C15H25IN2O. The third-order valence-corrected chi connectivity index (χ3v) is 1.71. The van der Waals surface area contributed by atoms with E-state index in [1.807, 2.05) is 57.0 Å². The van der Waals surface area contributed by atoms with Gasteiger partial charge in [-0.1, -0.05) is 61.2 Å². The molecule has 0 atom stereocenters. The molecule has 0 unspecified atom stereocenters. The molecule has 1 rings (SSSR count). The van der Waals surface area contributed by atoms with Gasteiger partial charge in [-0.3, -0.25) is 0 Å². The van der Waals surface area contributed by atoms with Crippen LogP contribution in [0.25, 0.3) is 5.70 Å². The average Bonchev–Trinajstić information content (AvgIpc) is 2.90. The summed E-state index contributed by atoms with van der Waals surface area (Å²) in [4.78, 5) is 1.97. The number of nitrogens with zero attached hydrogens (tertiary/aromatic N) is 2. The molecule has 0 radical (unpaired) electrons. The summed E-state index contributed by atoms with van der Waals surface area (Å²) in [5.74, 6) is 0.613. The van der Waals surface area contributed by atoms with Crippen molar-refractivity contribution in [2.75, 3.05) is 11.5 Å². The van der Waals surface area contributed by atoms with E-state index in [-0.39, 0.29) is 0 Å². The Morgan fingerprint density at radius 2 is 1.95 bits per heavy atom. The van der Waals surface area contributed by atoms with Crippen LogP contribution in [0.1, 0.15) is 27.7 Å². The van der Waals surface area contributed by atoms with Crippen molar-refractivity contribution in [1.29, 1.82) is 0 Å². The van der Waals surface area contributed by atoms with E-state index in [1.165, 1.54) is 0 Å². The highest BCUT2D eigenvalue weighted by atomic mass is 127. The molecule has 0 amide bonds. The molecule has 0 aromatic carbocycles. The number of halogens is 1. The molecule has 0 fully saturated rings. The molecule has 0 bridgehead atoms. The van der Waals surface area contributed by atoms with Gasteiger partial charge in [-0.05, 0) is 24.9 Å². The fraction of sp³-hybridized carbons (Fsp3) is 0.400. The van der Waals surface area contributed by atoms with Gasteiger partial charge in [-0.2, -0.15) is 0 Å². The van der Waals surface area contributed by atoms with Crippen molar-refractivity contribution >= 4 is 28.3 Å². The van der Waals surface area contributed by atoms with Gasteiger partial charge >= 0.3 is 0 Å². The molecule has 0 spiro atoms. The number of allylic oxidation sites excluding steroid dienone is 4. The van der Waals surface area contributed by atoms with Crippen molar-refractivity contribution in [1.82, 2.24) is 9.78 Å². The number of alkyl halides is 1. The molecule has 0 aliphatic heterocycles. The molecule has 1 heterocycles. The second-order valence-electron chi connectivity index (χ2n) is 3.20. The third kappa shape index (κ3) is 9.53. The lowest BCUT2D eigenvalue weighted by atomic mass is 10.3. The van der Waals surface area contributed by atoms with Crippen molar-refractivity contribution in [3.8, 4) is 5.88 Å². The normalized spacial score (nSPS) is 8.95. The predicted molar refractivity (Wildman–Crippen MR) is 94.0 cm³/mol. The summed E-state index contributed by atoms with van der Waals surface area (Å²) >= 11 is 2.15. The Bertz CT molecular complexity index is 395. The highest BCUT2D eigenvalue weighted by molar-refractivity contribution is 14.1. The first kappa shape index (κ1) is 20.3. The van der Waals surface area contributed by atoms with Gasteiger partial charge in [0.25, 0.3) is 0 Å². The van der Waals surface area contributed by atoms with E-state index < -0.39 is 0 Å². The van der Waals surface area contributed by atoms with Gasteiger partial charge in [0.1, 0.15) is 0 Å². The topological polar surface area (TPSA) is 27.1 Å². The number of ether oxygens (including phenoxy) is 1. The van der Waals surface area contributed by atoms with E-state index in [0.717, 1.165) is 11.3 Å². The molecule has 0 saturated carbocycles. The van der Waals surface area contributed by atoms with Crippen LogP contribution in [0.15, 0.2) is 43.1 Å². The monoisotopic (exact) mass is 376 g/mol. The Balaban J connectivity index is 0. The summed E-state index contributed by atoms with van der Waals surface area (Å²) in [5.41, 5.74) is 1.76. The van der Waals surface area contributed by atoms with Crippen molar-refractivity contribution in [3.63, 3.8) is 0 Å². The first-order valence-corrected chi connectivity index (χ1v) is 8.38. The first-order chi connectivity index (χ1) is 9.13. The molecular weight excluding hydrogens is 351 g/mol. The maximum Gasteiger partial charge on any atom is 0.233 e. The van der Waals surface area contributed by atoms with Crippen LogP contribution in [0.4, 0.5) is 0 Å². The SMILES string of the molecule is C=C(C)/C=C\C(=C)n1ccc(OCC)n1.CC.CI. The highest BCUT2D eigenvalue weighted by Gasteiger charge is 1.99. The second kappa shape index (κ2) is 13.4. The average molecular weight is 376 g/mol. The third-order valence-electron chi connectivity index (χ3n) is 1.71. The van der Waals surface area contributed by atoms with Crippen LogP contribution in [0.5, 0.6) is 5.88 Å². The largest absolute Gasteiger partial charge is 0.477 e. The predicted octanol–water partition coefficient (Wildman–Crippen LogP) is 4.96. The number of hydrogen-bond acceptors (Lipinski definition) is 2. The molecule has 1 aromatic rings. The van der Waals surface area contributed by atoms with Crippen LogP contribution in [0.2, 0.25) is 0 Å². The number of aromatic nitrogens is 2. The van der Waals surface area contributed by atoms with E-state index in [0.29, 0.717) is 12.5 Å². The van der Waals surface area contributed by atoms with Crippen LogP contribution >= 0.6 is 22.6 Å². The molecule has 19 heavy (non-hydrogen) atoms. The van der Waals surface area contributed by atoms with Crippen molar-refractivity contribution in [3.05, 3.63) is 43.1 Å². The Morgan fingerprint density at radius 1 is 1.37 bits per heavy atom. The van der Waals surface area contributed by atoms with E-state index in [9.17, 15) is 0 Å². The lowest BCUT2D eigenvalue weighted by Gasteiger charge is -1.99. The van der Waals surface area contributed by atoms with Gasteiger partial charge in [0.2, 0.25) is 5.88 Å². The minimum Gasteiger partial charge on any atom is -0.477 e. The Hall–Kier alpha value is -1.04. The zero-order valence-corrected chi connectivity index (χ0v) is 14.8. The quantitative estimate of drug-likeness (QED) is 0.413. The summed E-state index contributed by atoms with van der Waals surface area (Å²) < 4.78 is 6.92. The first-order valence-electron chi connectivity index (χ1n) is 6.22. The number of rotatable bonds is 5. The smallest absolute Gasteiger partial charge is 0.233 e. The summed E-state index contributed by atoms with van der Waals surface area (Å²) in [6.07, 6.45) is 5.57. The Morgan fingerprint density at radius 3 is 2.42 bits per heavy atom. The zero-order chi connectivity index (χ0) is 15.3. The van der Waals surface area contributed by atoms with Crippen molar-refractivity contribution in [2.45, 2.75) is 27.7 Å². The van der Waals surface area contributed by atoms with Gasteiger partial charge in [0.15, 0.2) is 0 Å². The van der Waals surface area contributed by atoms with E-state index >= 15 is 0 Å². The lowest BCUT2D eigenvalue weighted by Crippen LogP contribution is -1.96. The van der Waals surface area contributed by atoms with Crippen LogP contribution in [-0.2, 0) is 0 Å². The summed E-state index contributed by atoms with van der Waals surface area (Å²) in [5, 5.41) is 4.19. The Kier molecular flexibility index (Phi) is 14.3. The van der Waals surface area contributed by atoms with Gasteiger partial charge in [-0.15, -0.1) is 5.10 Å². The maximum absolute atomic E-state index is 5.25. The summed E-state index contributed by atoms with van der Waals surface area (Å²) in [6, 6.07) is 1.81. The summed E-state index contributed by atoms with van der Waals surface area (Å²) in [6.45, 7) is 16.1. The minimum absolute atomic E-state index is 0.613. The standard InChI is InChI=1S/C12H16N2O.C2H6.CH3I/c1-5-15-12-8-9-14(13-12)11(4)7-6-10(2)3;2*1-2/h6-9H,2,4-5H2,1,3H3;1-2H3;1H3/b7-6-;;. The van der Waals surface area contributed by atoms with E-state index in [1.54, 1.807) is 4.68 Å². The highest BCUT2D eigenvalue weighted by Crippen LogP contribution is 2.10. The van der Waals surface area contributed by atoms with E-state index in [4.69, 9.17) is 4.74 Å². The van der Waals surface area contributed by atoms with Gasteiger partial charge < -0.3 is 4.74 Å². The zero-order valence-electron chi connectivity index (χ0n) is 12.6. The van der Waals surface area contributed by atoms with Crippen LogP contribution < -0.4 is 4.74 Å². The van der Waals surface area contributed by atoms with E-state index in [2.05, 4.69) is 40.8 Å². The Labute approximate surface area is 131 Å². The molecule has 0 saturated heterocycles. The van der Waals surface area contributed by atoms with Gasteiger partial charge in [0, 0.05) is 12.3 Å². The molecule has 4 heteroatoms. The summed E-state index contributed by atoms with van der Waals surface area (Å²) in [7, 11) is 0. The molecule has 0 aliphatic rings. The van der Waals surface area contributed by atoms with Crippen LogP contribution in [-0.4, -0.2) is 21.3 Å². The van der Waals surface area contributed by atoms with Gasteiger partial charge in [-0.25, -0.2) is 4.68 Å². The van der Waals surface area contributed by atoms with Crippen molar-refractivity contribution < 1.29 is 4.74 Å². The lowest BCUT2D eigenvalue weighted by molar-refractivity contribution is 0.325.